The molecule has 1 heterocycles. The molecule has 1 atom stereocenters. The van der Waals surface area contributed by atoms with E-state index in [1.807, 2.05) is 7.05 Å². The Morgan fingerprint density at radius 3 is 2.64 bits per heavy atom. The van der Waals surface area contributed by atoms with Crippen molar-refractivity contribution in [3.63, 3.8) is 0 Å². The molecule has 0 aromatic heterocycles. The number of hydrogen-bond donors (Lipinski definition) is 1. The van der Waals surface area contributed by atoms with Crippen molar-refractivity contribution >= 4 is 41.5 Å². The van der Waals surface area contributed by atoms with Crippen molar-refractivity contribution in [3.05, 3.63) is 28.2 Å². The maximum absolute atomic E-state index is 12.4. The van der Waals surface area contributed by atoms with Gasteiger partial charge in [0.05, 0.1) is 5.02 Å². The van der Waals surface area contributed by atoms with Crippen molar-refractivity contribution in [2.45, 2.75) is 31.9 Å². The number of benzene rings is 1. The zero-order valence-electron chi connectivity index (χ0n) is 12.6. The third-order valence-corrected chi connectivity index (χ3v) is 4.57. The van der Waals surface area contributed by atoms with Gasteiger partial charge in [-0.2, -0.15) is 0 Å². The zero-order valence-corrected chi connectivity index (χ0v) is 15.0. The Morgan fingerprint density at radius 2 is 2.00 bits per heavy atom. The lowest BCUT2D eigenvalue weighted by molar-refractivity contribution is -0.139. The average Bonchev–Trinajstić information content (AvgIpc) is 2.51. The second-order valence-electron chi connectivity index (χ2n) is 5.24. The molecule has 2 rings (SSSR count). The molecule has 7 heteroatoms. The van der Waals surface area contributed by atoms with E-state index in [2.05, 4.69) is 5.32 Å². The molecule has 124 valence electrons. The van der Waals surface area contributed by atoms with Crippen molar-refractivity contribution in [1.29, 1.82) is 0 Å². The highest BCUT2D eigenvalue weighted by atomic mass is 35.5. The van der Waals surface area contributed by atoms with Gasteiger partial charge in [0.15, 0.2) is 6.10 Å². The number of ether oxygens (including phenoxy) is 1. The van der Waals surface area contributed by atoms with E-state index in [0.717, 1.165) is 25.9 Å². The molecular formula is C15H21Cl3N2O2. The first kappa shape index (κ1) is 19.4. The summed E-state index contributed by atoms with van der Waals surface area (Å²) in [4.78, 5) is 14.2. The van der Waals surface area contributed by atoms with Crippen molar-refractivity contribution in [2.75, 3.05) is 20.1 Å². The summed E-state index contributed by atoms with van der Waals surface area (Å²) >= 11 is 12.0. The van der Waals surface area contributed by atoms with Gasteiger partial charge in [-0.05, 0) is 45.0 Å². The van der Waals surface area contributed by atoms with Crippen molar-refractivity contribution in [3.8, 4) is 5.75 Å². The predicted molar refractivity (Wildman–Crippen MR) is 92.5 cm³/mol. The topological polar surface area (TPSA) is 41.6 Å². The maximum Gasteiger partial charge on any atom is 0.263 e. The van der Waals surface area contributed by atoms with E-state index in [4.69, 9.17) is 27.9 Å². The van der Waals surface area contributed by atoms with Gasteiger partial charge in [0, 0.05) is 13.1 Å². The van der Waals surface area contributed by atoms with Crippen LogP contribution in [-0.2, 0) is 4.79 Å². The zero-order chi connectivity index (χ0) is 15.4. The summed E-state index contributed by atoms with van der Waals surface area (Å²) < 4.78 is 5.68. The first-order chi connectivity index (χ1) is 10.0. The third-order valence-electron chi connectivity index (χ3n) is 3.77. The van der Waals surface area contributed by atoms with Gasteiger partial charge >= 0.3 is 0 Å². The molecule has 1 saturated heterocycles. The number of likely N-dealkylation sites (N-methyl/N-ethyl adjacent to an activating group) is 1. The van der Waals surface area contributed by atoms with Crippen LogP contribution in [0.5, 0.6) is 5.75 Å². The molecule has 1 aliphatic heterocycles. The van der Waals surface area contributed by atoms with Gasteiger partial charge in [-0.25, -0.2) is 0 Å². The number of rotatable bonds is 4. The summed E-state index contributed by atoms with van der Waals surface area (Å²) in [7, 11) is 1.83. The van der Waals surface area contributed by atoms with E-state index in [-0.39, 0.29) is 24.4 Å². The van der Waals surface area contributed by atoms with Crippen LogP contribution in [-0.4, -0.2) is 43.1 Å². The van der Waals surface area contributed by atoms with E-state index < -0.39 is 6.10 Å². The van der Waals surface area contributed by atoms with Crippen LogP contribution in [0, 0.1) is 0 Å². The number of carbonyl (C=O) groups is 1. The van der Waals surface area contributed by atoms with E-state index >= 15 is 0 Å². The number of carbonyl (C=O) groups excluding carboxylic acids is 1. The van der Waals surface area contributed by atoms with Gasteiger partial charge in [-0.1, -0.05) is 29.3 Å². The maximum atomic E-state index is 12.4. The Hall–Kier alpha value is -0.680. The van der Waals surface area contributed by atoms with Gasteiger partial charge in [0.25, 0.3) is 5.91 Å². The Bertz CT molecular complexity index is 508. The number of hydrogen-bond acceptors (Lipinski definition) is 3. The predicted octanol–water partition coefficient (Wildman–Crippen LogP) is 3.39. The molecule has 0 saturated carbocycles. The Balaban J connectivity index is 0.00000242. The minimum Gasteiger partial charge on any atom is -0.479 e. The lowest BCUT2D eigenvalue weighted by Crippen LogP contribution is -2.48. The Labute approximate surface area is 147 Å². The SMILES string of the molecule is CC(Oc1cccc(Cl)c1Cl)C(=O)N(C)C1CCNCC1.Cl. The number of piperidine rings is 1. The summed E-state index contributed by atoms with van der Waals surface area (Å²) in [6.45, 7) is 3.62. The monoisotopic (exact) mass is 366 g/mol. The highest BCUT2D eigenvalue weighted by Gasteiger charge is 2.27. The molecule has 1 aliphatic rings. The quantitative estimate of drug-likeness (QED) is 0.887. The molecule has 1 amide bonds. The standard InChI is InChI=1S/C15H20Cl2N2O2.ClH/c1-10(21-13-5-3-4-12(16)14(13)17)15(20)19(2)11-6-8-18-9-7-11;/h3-5,10-11,18H,6-9H2,1-2H3;1H. The lowest BCUT2D eigenvalue weighted by atomic mass is 10.0. The summed E-state index contributed by atoms with van der Waals surface area (Å²) in [5.41, 5.74) is 0. The lowest BCUT2D eigenvalue weighted by Gasteiger charge is -2.33. The van der Waals surface area contributed by atoms with Crippen LogP contribution in [0.3, 0.4) is 0 Å². The highest BCUT2D eigenvalue weighted by molar-refractivity contribution is 6.42. The smallest absolute Gasteiger partial charge is 0.263 e. The van der Waals surface area contributed by atoms with Gasteiger partial charge < -0.3 is 15.0 Å². The van der Waals surface area contributed by atoms with Gasteiger partial charge in [-0.3, -0.25) is 4.79 Å². The third kappa shape index (κ3) is 4.66. The Kier molecular flexibility index (Phi) is 7.77. The van der Waals surface area contributed by atoms with E-state index in [1.54, 1.807) is 30.0 Å². The largest absolute Gasteiger partial charge is 0.479 e. The fourth-order valence-electron chi connectivity index (χ4n) is 2.48. The van der Waals surface area contributed by atoms with Gasteiger partial charge in [0.1, 0.15) is 10.8 Å². The summed E-state index contributed by atoms with van der Waals surface area (Å²) in [6, 6.07) is 5.41. The molecule has 22 heavy (non-hydrogen) atoms. The normalized spacial score (nSPS) is 16.5. The molecule has 0 bridgehead atoms. The molecular weight excluding hydrogens is 347 g/mol. The molecule has 1 unspecified atom stereocenters. The minimum atomic E-state index is -0.596. The number of nitrogens with one attached hydrogen (secondary N) is 1. The molecule has 0 spiro atoms. The molecule has 0 radical (unpaired) electrons. The van der Waals surface area contributed by atoms with E-state index in [1.165, 1.54) is 0 Å². The van der Waals surface area contributed by atoms with Crippen LogP contribution in [0.25, 0.3) is 0 Å². The van der Waals surface area contributed by atoms with Crippen LogP contribution >= 0.6 is 35.6 Å². The molecule has 1 aromatic carbocycles. The van der Waals surface area contributed by atoms with Crippen LogP contribution in [0.2, 0.25) is 10.0 Å². The summed E-state index contributed by atoms with van der Waals surface area (Å²) in [5.74, 6) is 0.390. The Morgan fingerprint density at radius 1 is 1.36 bits per heavy atom. The second kappa shape index (κ2) is 8.82. The molecule has 1 N–H and O–H groups in total. The van der Waals surface area contributed by atoms with Crippen LogP contribution < -0.4 is 10.1 Å². The second-order valence-corrected chi connectivity index (χ2v) is 6.03. The summed E-state index contributed by atoms with van der Waals surface area (Å²) in [5, 5.41) is 4.04. The fourth-order valence-corrected chi connectivity index (χ4v) is 2.81. The molecule has 1 aromatic rings. The van der Waals surface area contributed by atoms with Crippen molar-refractivity contribution in [1.82, 2.24) is 10.2 Å². The van der Waals surface area contributed by atoms with Crippen molar-refractivity contribution < 1.29 is 9.53 Å². The number of amides is 1. The van der Waals surface area contributed by atoms with Gasteiger partial charge in [0.2, 0.25) is 0 Å². The number of halogens is 3. The summed E-state index contributed by atoms with van der Waals surface area (Å²) in [6.07, 6.45) is 1.33. The van der Waals surface area contributed by atoms with Crippen LogP contribution in [0.15, 0.2) is 18.2 Å². The minimum absolute atomic E-state index is 0. The highest BCUT2D eigenvalue weighted by Crippen LogP contribution is 2.32. The van der Waals surface area contributed by atoms with Crippen LogP contribution in [0.4, 0.5) is 0 Å². The fraction of sp³-hybridized carbons (Fsp3) is 0.533. The molecule has 4 nitrogen and oxygen atoms in total. The first-order valence-corrected chi connectivity index (χ1v) is 7.84. The number of nitrogens with zero attached hydrogens (tertiary/aromatic N) is 1. The van der Waals surface area contributed by atoms with E-state index in [9.17, 15) is 4.79 Å². The van der Waals surface area contributed by atoms with E-state index in [0.29, 0.717) is 15.8 Å². The van der Waals surface area contributed by atoms with Gasteiger partial charge in [-0.15, -0.1) is 12.4 Å². The first-order valence-electron chi connectivity index (χ1n) is 7.08. The van der Waals surface area contributed by atoms with Crippen LogP contribution in [0.1, 0.15) is 19.8 Å². The average molecular weight is 368 g/mol. The molecule has 1 fully saturated rings. The molecule has 0 aliphatic carbocycles. The van der Waals surface area contributed by atoms with Crippen molar-refractivity contribution in [2.24, 2.45) is 0 Å².